The Kier molecular flexibility index (Phi) is 13.9. The molecule has 338 valence electrons. The molecule has 63 heavy (non-hydrogen) atoms. The molecule has 7 rings (SSSR count). The van der Waals surface area contributed by atoms with Gasteiger partial charge in [0.15, 0.2) is 11.4 Å². The van der Waals surface area contributed by atoms with E-state index >= 15 is 0 Å². The molecule has 4 bridgehead atoms. The van der Waals surface area contributed by atoms with Crippen LogP contribution in [0.1, 0.15) is 129 Å². The summed E-state index contributed by atoms with van der Waals surface area (Å²) in [5, 5.41) is 8.35. The molecule has 0 radical (unpaired) electrons. The Morgan fingerprint density at radius 3 is 2.16 bits per heavy atom. The molecule has 8 atom stereocenters. The largest absolute Gasteiger partial charge is 0.492 e. The molecule has 3 saturated heterocycles. The highest BCUT2D eigenvalue weighted by atomic mass is 35.5. The Morgan fingerprint density at radius 2 is 1.49 bits per heavy atom. The smallest absolute Gasteiger partial charge is 0.274 e. The quantitative estimate of drug-likeness (QED) is 0.211. The number of nitrogens with zero attached hydrogens (tertiary/aromatic N) is 5. The van der Waals surface area contributed by atoms with Crippen molar-refractivity contribution in [2.24, 2.45) is 5.92 Å². The molecule has 3 fully saturated rings. The highest BCUT2D eigenvalue weighted by Gasteiger charge is 2.44. The van der Waals surface area contributed by atoms with Crippen molar-refractivity contribution in [2.75, 3.05) is 26.2 Å². The second kappa shape index (κ2) is 19.4. The number of nitrogens with one attached hydrogen (secondary N) is 3. The lowest BCUT2D eigenvalue weighted by atomic mass is 9.98. The van der Waals surface area contributed by atoms with Gasteiger partial charge >= 0.3 is 0 Å². The Labute approximate surface area is 371 Å². The second-order valence-electron chi connectivity index (χ2n) is 17.2. The zero-order chi connectivity index (χ0) is 45.1. The van der Waals surface area contributed by atoms with Crippen molar-refractivity contribution in [2.45, 2.75) is 128 Å². The highest BCUT2D eigenvalue weighted by Crippen LogP contribution is 2.34. The molecule has 4 aliphatic rings. The lowest BCUT2D eigenvalue weighted by Gasteiger charge is -2.33. The average Bonchev–Trinajstić information content (AvgIpc) is 4.13. The first-order valence-corrected chi connectivity index (χ1v) is 22.4. The van der Waals surface area contributed by atoms with Crippen LogP contribution >= 0.6 is 11.6 Å². The van der Waals surface area contributed by atoms with Gasteiger partial charge in [-0.05, 0) is 82.9 Å². The highest BCUT2D eigenvalue weighted by molar-refractivity contribution is 6.22. The van der Waals surface area contributed by atoms with Crippen LogP contribution in [0.4, 0.5) is 0 Å². The minimum atomic E-state index is -1.10. The van der Waals surface area contributed by atoms with E-state index in [0.29, 0.717) is 70.3 Å². The predicted octanol–water partition coefficient (Wildman–Crippen LogP) is 4.56. The van der Waals surface area contributed by atoms with Gasteiger partial charge in [0.2, 0.25) is 35.4 Å². The first-order chi connectivity index (χ1) is 30.1. The summed E-state index contributed by atoms with van der Waals surface area (Å²) in [5.41, 5.74) is 1.38. The Balaban J connectivity index is 1.23. The van der Waals surface area contributed by atoms with Crippen LogP contribution in [-0.4, -0.2) is 116 Å². The second-order valence-corrected chi connectivity index (χ2v) is 17.7. The van der Waals surface area contributed by atoms with E-state index in [2.05, 4.69) is 32.5 Å². The van der Waals surface area contributed by atoms with Crippen molar-refractivity contribution in [3.8, 4) is 5.75 Å². The van der Waals surface area contributed by atoms with Crippen LogP contribution in [0.5, 0.6) is 5.75 Å². The third-order valence-electron chi connectivity index (χ3n) is 12.7. The molecular weight excluding hydrogens is 832 g/mol. The number of oxazole rings is 2. The third kappa shape index (κ3) is 9.77. The number of hydrogen-bond acceptors (Lipinski definition) is 11. The summed E-state index contributed by atoms with van der Waals surface area (Å²) < 4.78 is 17.8. The van der Waals surface area contributed by atoms with Gasteiger partial charge in [-0.3, -0.25) is 28.8 Å². The summed E-state index contributed by atoms with van der Waals surface area (Å²) in [6.07, 6.45) is 5.00. The van der Waals surface area contributed by atoms with Crippen LogP contribution in [-0.2, 0) is 25.6 Å². The van der Waals surface area contributed by atoms with Crippen LogP contribution in [0.25, 0.3) is 0 Å². The minimum Gasteiger partial charge on any atom is -0.492 e. The summed E-state index contributed by atoms with van der Waals surface area (Å²) in [7, 11) is 0. The first kappa shape index (κ1) is 45.3. The molecule has 6 unspecified atom stereocenters. The third-order valence-corrected chi connectivity index (χ3v) is 13.2. The van der Waals surface area contributed by atoms with Gasteiger partial charge in [0.25, 0.3) is 11.8 Å². The van der Waals surface area contributed by atoms with Gasteiger partial charge in [-0.25, -0.2) is 9.97 Å². The van der Waals surface area contributed by atoms with Crippen LogP contribution in [0.2, 0.25) is 0 Å². The van der Waals surface area contributed by atoms with Gasteiger partial charge in [0.1, 0.15) is 60.6 Å². The van der Waals surface area contributed by atoms with Crippen molar-refractivity contribution in [3.63, 3.8) is 0 Å². The van der Waals surface area contributed by atoms with Crippen LogP contribution in [0.15, 0.2) is 51.5 Å². The van der Waals surface area contributed by atoms with Crippen molar-refractivity contribution >= 4 is 47.0 Å². The number of ether oxygens (including phenoxy) is 1. The van der Waals surface area contributed by atoms with E-state index in [4.69, 9.17) is 25.2 Å². The van der Waals surface area contributed by atoms with Crippen LogP contribution in [0.3, 0.4) is 0 Å². The molecule has 6 heterocycles. The van der Waals surface area contributed by atoms with Gasteiger partial charge in [0, 0.05) is 26.1 Å². The number of aromatic nitrogens is 2. The lowest BCUT2D eigenvalue weighted by Crippen LogP contribution is -2.56. The molecule has 3 aromatic rings. The molecule has 0 aliphatic carbocycles. The van der Waals surface area contributed by atoms with Crippen molar-refractivity contribution in [3.05, 3.63) is 77.2 Å². The summed E-state index contributed by atoms with van der Waals surface area (Å²) in [4.78, 5) is 98.4. The number of halogens is 1. The molecule has 17 nitrogen and oxygen atoms in total. The normalized spacial score (nSPS) is 26.0. The fourth-order valence-electron chi connectivity index (χ4n) is 8.78. The minimum absolute atomic E-state index is 0.0454. The number of rotatable bonds is 8. The Morgan fingerprint density at radius 1 is 0.857 bits per heavy atom. The van der Waals surface area contributed by atoms with Crippen molar-refractivity contribution < 1.29 is 42.3 Å². The molecule has 1 aromatic carbocycles. The Hall–Kier alpha value is -5.71. The van der Waals surface area contributed by atoms with E-state index in [1.54, 1.807) is 47.9 Å². The summed E-state index contributed by atoms with van der Waals surface area (Å²) in [5.74, 6) is -2.04. The standard InChI is InChI=1S/C45H57ClN8O9/c1-7-25(4)36-42-51-37(27(6)63-42)40(57)48-31(21-28-14-16-29(17-15-28)61-22-30(46)24(2)3)44(59)53-19-9-12-34(53)41-49-32(23-62-41)38(55)47-26(5)43(58)54-20-10-13-35(54)45(60)52-18-8-11-33(52)39(56)50-36/h14-17,23,25-26,30-31,33-36H,2,7-13,18-22H2,1,3-6H3,(H,47,55)(H,48,57)(H,50,56)/t25?,26-,30?,31?,33?,34?,35?,36-/m0/s1. The molecule has 18 heteroatoms. The van der Waals surface area contributed by atoms with Gasteiger partial charge in [-0.15, -0.1) is 11.6 Å². The number of alkyl halides is 1. The maximum Gasteiger partial charge on any atom is 0.274 e. The van der Waals surface area contributed by atoms with Crippen LogP contribution in [0, 0.1) is 12.8 Å². The van der Waals surface area contributed by atoms with Gasteiger partial charge < -0.3 is 44.2 Å². The van der Waals surface area contributed by atoms with E-state index in [0.717, 1.165) is 11.1 Å². The van der Waals surface area contributed by atoms with E-state index in [9.17, 15) is 28.8 Å². The zero-order valence-corrected chi connectivity index (χ0v) is 37.2. The average molecular weight is 889 g/mol. The van der Waals surface area contributed by atoms with Crippen molar-refractivity contribution in [1.29, 1.82) is 0 Å². The van der Waals surface area contributed by atoms with Gasteiger partial charge in [0.05, 0.1) is 5.38 Å². The van der Waals surface area contributed by atoms with Crippen LogP contribution < -0.4 is 20.7 Å². The lowest BCUT2D eigenvalue weighted by molar-refractivity contribution is -0.147. The number of fused-ring (bicyclic) bond motifs is 8. The fourth-order valence-corrected chi connectivity index (χ4v) is 8.85. The molecule has 4 aliphatic heterocycles. The molecule has 3 N–H and O–H groups in total. The molecule has 0 spiro atoms. The van der Waals surface area contributed by atoms with E-state index < -0.39 is 65.8 Å². The van der Waals surface area contributed by atoms with E-state index in [1.165, 1.54) is 11.2 Å². The number of hydrogen-bond donors (Lipinski definition) is 3. The fraction of sp³-hybridized carbons (Fsp3) is 0.556. The molecule has 6 amide bonds. The van der Waals surface area contributed by atoms with E-state index in [1.807, 2.05) is 20.8 Å². The molecule has 0 saturated carbocycles. The maximum absolute atomic E-state index is 14.7. The number of carbonyl (C=O) groups is 6. The van der Waals surface area contributed by atoms with Gasteiger partial charge in [-0.1, -0.05) is 44.6 Å². The van der Waals surface area contributed by atoms with Crippen molar-refractivity contribution in [1.82, 2.24) is 40.6 Å². The summed E-state index contributed by atoms with van der Waals surface area (Å²) in [6.45, 7) is 13.9. The predicted molar refractivity (Wildman–Crippen MR) is 230 cm³/mol. The number of carbonyl (C=O) groups excluding carboxylic acids is 6. The SMILES string of the molecule is C=C(C)C(Cl)COc1ccc(CC2NC(=O)c3nc(oc3C)[C@H](C(C)CC)NC(=O)C3CCCN3C(=O)C3CCCN3C(=O)[C@H](C)NC(=O)c3coc(n3)C3CCCN3C2=O)cc1. The monoisotopic (exact) mass is 888 g/mol. The maximum atomic E-state index is 14.7. The first-order valence-electron chi connectivity index (χ1n) is 21.9. The number of amides is 6. The molecular formula is C45H57ClN8O9. The van der Waals surface area contributed by atoms with Gasteiger partial charge in [-0.2, -0.15) is 0 Å². The number of aryl methyl sites for hydroxylation is 1. The summed E-state index contributed by atoms with van der Waals surface area (Å²) in [6, 6.07) is 2.02. The van der Waals surface area contributed by atoms with E-state index in [-0.39, 0.29) is 59.2 Å². The Bertz CT molecular complexity index is 2220. The summed E-state index contributed by atoms with van der Waals surface area (Å²) >= 11 is 6.31. The topological polar surface area (TPSA) is 210 Å². The molecule has 2 aromatic heterocycles. The zero-order valence-electron chi connectivity index (χ0n) is 36.5. The number of benzene rings is 1.